The van der Waals surface area contributed by atoms with E-state index in [0.717, 1.165) is 12.8 Å². The monoisotopic (exact) mass is 244 g/mol. The summed E-state index contributed by atoms with van der Waals surface area (Å²) in [5.74, 6) is -0.677. The third kappa shape index (κ3) is 4.22. The number of nitrogens with one attached hydrogen (secondary N) is 1. The van der Waals surface area contributed by atoms with Crippen LogP contribution in [0.3, 0.4) is 0 Å². The second-order valence-electron chi connectivity index (χ2n) is 4.42. The van der Waals surface area contributed by atoms with Crippen LogP contribution in [-0.2, 0) is 9.53 Å². The number of aliphatic carboxylic acids is 1. The minimum absolute atomic E-state index is 0.305. The zero-order valence-corrected chi connectivity index (χ0v) is 10.3. The summed E-state index contributed by atoms with van der Waals surface area (Å²) < 4.78 is 5.08. The van der Waals surface area contributed by atoms with Crippen LogP contribution in [0.25, 0.3) is 0 Å². The van der Waals surface area contributed by atoms with Crippen molar-refractivity contribution >= 4 is 12.0 Å². The SMILES string of the molecule is COCC1CCCN(C(=O)NC(C)C(=O)O)C1. The maximum atomic E-state index is 11.8. The summed E-state index contributed by atoms with van der Waals surface area (Å²) in [5.41, 5.74) is 0. The Labute approximate surface area is 101 Å². The van der Waals surface area contributed by atoms with Crippen molar-refractivity contribution in [3.63, 3.8) is 0 Å². The lowest BCUT2D eigenvalue weighted by molar-refractivity contribution is -0.138. The normalized spacial score (nSPS) is 22.0. The van der Waals surface area contributed by atoms with E-state index in [4.69, 9.17) is 9.84 Å². The molecule has 0 aromatic rings. The van der Waals surface area contributed by atoms with Crippen LogP contribution in [0.1, 0.15) is 19.8 Å². The van der Waals surface area contributed by atoms with Gasteiger partial charge in [0.05, 0.1) is 6.61 Å². The van der Waals surface area contributed by atoms with Gasteiger partial charge in [-0.2, -0.15) is 0 Å². The molecule has 0 aliphatic carbocycles. The summed E-state index contributed by atoms with van der Waals surface area (Å²) in [6, 6.07) is -1.16. The molecule has 2 amide bonds. The van der Waals surface area contributed by atoms with Crippen LogP contribution in [0.4, 0.5) is 4.79 Å². The molecule has 6 nitrogen and oxygen atoms in total. The molecule has 0 spiro atoms. The van der Waals surface area contributed by atoms with Crippen molar-refractivity contribution in [3.8, 4) is 0 Å². The molecular weight excluding hydrogens is 224 g/mol. The number of rotatable bonds is 4. The third-order valence-corrected chi connectivity index (χ3v) is 2.92. The second-order valence-corrected chi connectivity index (χ2v) is 4.42. The van der Waals surface area contributed by atoms with E-state index in [1.807, 2.05) is 0 Å². The van der Waals surface area contributed by atoms with E-state index in [0.29, 0.717) is 25.6 Å². The number of nitrogens with zero attached hydrogens (tertiary/aromatic N) is 1. The Bertz CT molecular complexity index is 281. The van der Waals surface area contributed by atoms with Gasteiger partial charge in [-0.3, -0.25) is 4.79 Å². The Morgan fingerprint density at radius 3 is 2.88 bits per heavy atom. The van der Waals surface area contributed by atoms with Gasteiger partial charge in [-0.05, 0) is 19.8 Å². The average Bonchev–Trinajstić information content (AvgIpc) is 2.29. The lowest BCUT2D eigenvalue weighted by atomic mass is 9.99. The van der Waals surface area contributed by atoms with Crippen LogP contribution in [0.2, 0.25) is 0 Å². The third-order valence-electron chi connectivity index (χ3n) is 2.92. The molecule has 2 unspecified atom stereocenters. The van der Waals surface area contributed by atoms with E-state index >= 15 is 0 Å². The molecule has 98 valence electrons. The summed E-state index contributed by atoms with van der Waals surface area (Å²) in [6.07, 6.45) is 1.98. The molecular formula is C11H20N2O4. The Kier molecular flexibility index (Phi) is 5.21. The van der Waals surface area contributed by atoms with E-state index < -0.39 is 12.0 Å². The summed E-state index contributed by atoms with van der Waals surface area (Å²) in [4.78, 5) is 24.1. The molecule has 0 radical (unpaired) electrons. The van der Waals surface area contributed by atoms with E-state index in [1.165, 1.54) is 6.92 Å². The second kappa shape index (κ2) is 6.44. The minimum Gasteiger partial charge on any atom is -0.480 e. The summed E-state index contributed by atoms with van der Waals surface area (Å²) in [6.45, 7) is 3.40. The number of carboxylic acids is 1. The van der Waals surface area contributed by atoms with Gasteiger partial charge >= 0.3 is 12.0 Å². The lowest BCUT2D eigenvalue weighted by Crippen LogP contribution is -2.50. The fraction of sp³-hybridized carbons (Fsp3) is 0.818. The molecule has 1 rings (SSSR count). The summed E-state index contributed by atoms with van der Waals surface area (Å²) in [5, 5.41) is 11.2. The molecule has 6 heteroatoms. The van der Waals surface area contributed by atoms with Crippen molar-refractivity contribution in [1.82, 2.24) is 10.2 Å². The van der Waals surface area contributed by atoms with Gasteiger partial charge in [0.2, 0.25) is 0 Å². The molecule has 1 saturated heterocycles. The molecule has 17 heavy (non-hydrogen) atoms. The zero-order chi connectivity index (χ0) is 12.8. The summed E-state index contributed by atoms with van der Waals surface area (Å²) >= 11 is 0. The van der Waals surface area contributed by atoms with Gasteiger partial charge in [0.1, 0.15) is 6.04 Å². The smallest absolute Gasteiger partial charge is 0.325 e. The standard InChI is InChI=1S/C11H20N2O4/c1-8(10(14)15)12-11(16)13-5-3-4-9(6-13)7-17-2/h8-9H,3-7H2,1-2H3,(H,12,16)(H,14,15). The Balaban J connectivity index is 2.43. The minimum atomic E-state index is -1.02. The number of carbonyl (C=O) groups is 2. The van der Waals surface area contributed by atoms with Gasteiger partial charge in [0.25, 0.3) is 0 Å². The van der Waals surface area contributed by atoms with E-state index in [9.17, 15) is 9.59 Å². The number of carboxylic acid groups (broad SMARTS) is 1. The molecule has 1 fully saturated rings. The number of likely N-dealkylation sites (tertiary alicyclic amines) is 1. The first-order valence-electron chi connectivity index (χ1n) is 5.81. The number of hydrogen-bond acceptors (Lipinski definition) is 3. The highest BCUT2D eigenvalue weighted by molar-refractivity contribution is 5.82. The fourth-order valence-electron chi connectivity index (χ4n) is 1.96. The van der Waals surface area contributed by atoms with Gasteiger partial charge in [-0.15, -0.1) is 0 Å². The topological polar surface area (TPSA) is 78.9 Å². The average molecular weight is 244 g/mol. The van der Waals surface area contributed by atoms with Crippen molar-refractivity contribution < 1.29 is 19.4 Å². The van der Waals surface area contributed by atoms with E-state index in [1.54, 1.807) is 12.0 Å². The van der Waals surface area contributed by atoms with Gasteiger partial charge in [-0.25, -0.2) is 4.79 Å². The predicted molar refractivity (Wildman–Crippen MR) is 61.8 cm³/mol. The van der Waals surface area contributed by atoms with E-state index in [-0.39, 0.29) is 6.03 Å². The quantitative estimate of drug-likeness (QED) is 0.756. The van der Waals surface area contributed by atoms with Crippen LogP contribution >= 0.6 is 0 Å². The van der Waals surface area contributed by atoms with E-state index in [2.05, 4.69) is 5.32 Å². The molecule has 0 saturated carbocycles. The molecule has 0 aromatic carbocycles. The number of piperidine rings is 1. The highest BCUT2D eigenvalue weighted by Crippen LogP contribution is 2.16. The largest absolute Gasteiger partial charge is 0.480 e. The zero-order valence-electron chi connectivity index (χ0n) is 10.3. The number of amides is 2. The number of urea groups is 1. The maximum absolute atomic E-state index is 11.8. The predicted octanol–water partition coefficient (Wildman–Crippen LogP) is 0.527. The Morgan fingerprint density at radius 2 is 2.29 bits per heavy atom. The van der Waals surface area contributed by atoms with Crippen LogP contribution in [0.5, 0.6) is 0 Å². The van der Waals surface area contributed by atoms with Crippen LogP contribution in [0, 0.1) is 5.92 Å². The number of hydrogen-bond donors (Lipinski definition) is 2. The highest BCUT2D eigenvalue weighted by Gasteiger charge is 2.25. The highest BCUT2D eigenvalue weighted by atomic mass is 16.5. The Morgan fingerprint density at radius 1 is 1.59 bits per heavy atom. The molecule has 1 aliphatic heterocycles. The van der Waals surface area contributed by atoms with Crippen LogP contribution < -0.4 is 5.32 Å². The molecule has 2 atom stereocenters. The van der Waals surface area contributed by atoms with Gasteiger partial charge in [0, 0.05) is 26.1 Å². The molecule has 2 N–H and O–H groups in total. The molecule has 0 aromatic heterocycles. The Hall–Kier alpha value is -1.30. The molecule has 1 aliphatic rings. The first-order valence-corrected chi connectivity index (χ1v) is 5.81. The van der Waals surface area contributed by atoms with Gasteiger partial charge in [-0.1, -0.05) is 0 Å². The first-order chi connectivity index (χ1) is 8.04. The van der Waals surface area contributed by atoms with Crippen molar-refractivity contribution in [3.05, 3.63) is 0 Å². The molecule has 1 heterocycles. The fourth-order valence-corrected chi connectivity index (χ4v) is 1.96. The summed E-state index contributed by atoms with van der Waals surface area (Å²) in [7, 11) is 1.64. The van der Waals surface area contributed by atoms with Crippen molar-refractivity contribution in [2.45, 2.75) is 25.8 Å². The first kappa shape index (κ1) is 13.8. The number of ether oxygens (including phenoxy) is 1. The van der Waals surface area contributed by atoms with Crippen LogP contribution in [-0.4, -0.2) is 54.9 Å². The number of methoxy groups -OCH3 is 1. The maximum Gasteiger partial charge on any atom is 0.325 e. The van der Waals surface area contributed by atoms with Crippen molar-refractivity contribution in [2.75, 3.05) is 26.8 Å². The lowest BCUT2D eigenvalue weighted by Gasteiger charge is -2.32. The van der Waals surface area contributed by atoms with Crippen molar-refractivity contribution in [1.29, 1.82) is 0 Å². The van der Waals surface area contributed by atoms with Crippen molar-refractivity contribution in [2.24, 2.45) is 5.92 Å². The van der Waals surface area contributed by atoms with Gasteiger partial charge in [0.15, 0.2) is 0 Å². The van der Waals surface area contributed by atoms with Gasteiger partial charge < -0.3 is 20.1 Å². The molecule has 0 bridgehead atoms. The van der Waals surface area contributed by atoms with Crippen LogP contribution in [0.15, 0.2) is 0 Å². The number of carbonyl (C=O) groups excluding carboxylic acids is 1.